The molecule has 0 aromatic heterocycles. The van der Waals surface area contributed by atoms with Crippen molar-refractivity contribution in [3.63, 3.8) is 0 Å². The second-order valence-electron chi connectivity index (χ2n) is 2.84. The summed E-state index contributed by atoms with van der Waals surface area (Å²) >= 11 is 0. The third-order valence-electron chi connectivity index (χ3n) is 1.86. The molecule has 0 spiro atoms. The average Bonchev–Trinajstić information content (AvgIpc) is 1.98. The number of allylic oxidation sites excluding steroid dienone is 3. The Morgan fingerprint density at radius 3 is 2.82 bits per heavy atom. The van der Waals surface area contributed by atoms with Gasteiger partial charge >= 0.3 is 0 Å². The van der Waals surface area contributed by atoms with Gasteiger partial charge in [-0.25, -0.2) is 4.39 Å². The number of hydrogen-bond donors (Lipinski definition) is 1. The molecule has 1 aliphatic carbocycles. The van der Waals surface area contributed by atoms with Gasteiger partial charge in [-0.1, -0.05) is 18.9 Å². The third kappa shape index (κ3) is 2.07. The molecule has 0 radical (unpaired) electrons. The SMILES string of the molecule is CCCC1=CC(O)=C(F)CC1. The van der Waals surface area contributed by atoms with Crippen molar-refractivity contribution in [3.05, 3.63) is 23.2 Å². The third-order valence-corrected chi connectivity index (χ3v) is 1.86. The van der Waals surface area contributed by atoms with Gasteiger partial charge in [0.25, 0.3) is 0 Å². The molecule has 0 unspecified atom stereocenters. The zero-order chi connectivity index (χ0) is 8.27. The fourth-order valence-corrected chi connectivity index (χ4v) is 1.26. The second-order valence-corrected chi connectivity index (χ2v) is 2.84. The minimum absolute atomic E-state index is 0.167. The maximum atomic E-state index is 12.6. The highest BCUT2D eigenvalue weighted by molar-refractivity contribution is 5.25. The Balaban J connectivity index is 2.64. The van der Waals surface area contributed by atoms with Crippen LogP contribution in [0.15, 0.2) is 23.2 Å². The van der Waals surface area contributed by atoms with E-state index in [2.05, 4.69) is 6.92 Å². The Morgan fingerprint density at radius 2 is 2.27 bits per heavy atom. The van der Waals surface area contributed by atoms with E-state index >= 15 is 0 Å². The highest BCUT2D eigenvalue weighted by atomic mass is 19.1. The molecule has 2 heteroatoms. The van der Waals surface area contributed by atoms with E-state index in [4.69, 9.17) is 5.11 Å². The van der Waals surface area contributed by atoms with Gasteiger partial charge in [0, 0.05) is 6.42 Å². The Morgan fingerprint density at radius 1 is 1.55 bits per heavy atom. The smallest absolute Gasteiger partial charge is 0.146 e. The largest absolute Gasteiger partial charge is 0.505 e. The topological polar surface area (TPSA) is 20.2 Å². The van der Waals surface area contributed by atoms with Crippen LogP contribution in [0, 0.1) is 0 Å². The maximum Gasteiger partial charge on any atom is 0.146 e. The van der Waals surface area contributed by atoms with Crippen molar-refractivity contribution in [1.29, 1.82) is 0 Å². The van der Waals surface area contributed by atoms with Crippen molar-refractivity contribution in [2.45, 2.75) is 32.6 Å². The van der Waals surface area contributed by atoms with Crippen molar-refractivity contribution in [1.82, 2.24) is 0 Å². The van der Waals surface area contributed by atoms with Gasteiger partial charge in [-0.2, -0.15) is 0 Å². The molecule has 0 aromatic rings. The van der Waals surface area contributed by atoms with Gasteiger partial charge in [-0.3, -0.25) is 0 Å². The molecule has 1 nitrogen and oxygen atoms in total. The molecule has 0 bridgehead atoms. The summed E-state index contributed by atoms with van der Waals surface area (Å²) in [7, 11) is 0. The van der Waals surface area contributed by atoms with Crippen molar-refractivity contribution >= 4 is 0 Å². The zero-order valence-electron chi connectivity index (χ0n) is 6.73. The maximum absolute atomic E-state index is 12.6. The molecule has 0 saturated carbocycles. The number of hydrogen-bond acceptors (Lipinski definition) is 1. The molecule has 0 heterocycles. The van der Waals surface area contributed by atoms with Gasteiger partial charge in [0.05, 0.1) is 0 Å². The molecule has 11 heavy (non-hydrogen) atoms. The normalized spacial score (nSPS) is 18.5. The number of halogens is 1. The second kappa shape index (κ2) is 3.56. The molecule has 0 aromatic carbocycles. The van der Waals surface area contributed by atoms with Crippen LogP contribution in [0.1, 0.15) is 32.6 Å². The Hall–Kier alpha value is -0.790. The molecule has 0 atom stereocenters. The van der Waals surface area contributed by atoms with Gasteiger partial charge in [0.1, 0.15) is 11.6 Å². The number of rotatable bonds is 2. The van der Waals surface area contributed by atoms with Gasteiger partial charge in [0.15, 0.2) is 0 Å². The zero-order valence-corrected chi connectivity index (χ0v) is 6.73. The van der Waals surface area contributed by atoms with Crippen LogP contribution in [0.3, 0.4) is 0 Å². The molecule has 0 fully saturated rings. The van der Waals surface area contributed by atoms with E-state index in [0.29, 0.717) is 6.42 Å². The highest BCUT2D eigenvalue weighted by Crippen LogP contribution is 2.25. The average molecular weight is 156 g/mol. The fourth-order valence-electron chi connectivity index (χ4n) is 1.26. The highest BCUT2D eigenvalue weighted by Gasteiger charge is 2.10. The lowest BCUT2D eigenvalue weighted by Crippen LogP contribution is -1.95. The summed E-state index contributed by atoms with van der Waals surface area (Å²) in [5.41, 5.74) is 1.16. The van der Waals surface area contributed by atoms with Crippen LogP contribution in [0.25, 0.3) is 0 Å². The molecule has 62 valence electrons. The van der Waals surface area contributed by atoms with E-state index in [0.717, 1.165) is 24.8 Å². The van der Waals surface area contributed by atoms with Crippen LogP contribution >= 0.6 is 0 Å². The Bertz CT molecular complexity index is 200. The lowest BCUT2D eigenvalue weighted by Gasteiger charge is -2.10. The summed E-state index contributed by atoms with van der Waals surface area (Å²) in [6.45, 7) is 2.08. The monoisotopic (exact) mass is 156 g/mol. The summed E-state index contributed by atoms with van der Waals surface area (Å²) in [4.78, 5) is 0. The first-order valence-corrected chi connectivity index (χ1v) is 4.01. The Labute approximate surface area is 66.2 Å². The summed E-state index contributed by atoms with van der Waals surface area (Å²) in [5.74, 6) is -0.537. The number of aliphatic hydroxyl groups is 1. The first kappa shape index (κ1) is 8.31. The van der Waals surface area contributed by atoms with Crippen LogP contribution in [-0.2, 0) is 0 Å². The van der Waals surface area contributed by atoms with Crippen molar-refractivity contribution in [2.75, 3.05) is 0 Å². The lowest BCUT2D eigenvalue weighted by molar-refractivity contribution is 0.384. The minimum atomic E-state index is -0.371. The lowest BCUT2D eigenvalue weighted by atomic mass is 9.99. The van der Waals surface area contributed by atoms with Crippen LogP contribution in [0.5, 0.6) is 0 Å². The predicted octanol–water partition coefficient (Wildman–Crippen LogP) is 3.25. The molecule has 0 saturated heterocycles. The first-order chi connectivity index (χ1) is 5.24. The molecule has 1 rings (SSSR count). The summed E-state index contributed by atoms with van der Waals surface area (Å²) in [6, 6.07) is 0. The van der Waals surface area contributed by atoms with Gasteiger partial charge < -0.3 is 5.11 Å². The first-order valence-electron chi connectivity index (χ1n) is 4.01. The van der Waals surface area contributed by atoms with Crippen LogP contribution < -0.4 is 0 Å². The van der Waals surface area contributed by atoms with E-state index < -0.39 is 0 Å². The van der Waals surface area contributed by atoms with Crippen molar-refractivity contribution < 1.29 is 9.50 Å². The molecular formula is C9H13FO. The summed E-state index contributed by atoms with van der Waals surface area (Å²) < 4.78 is 12.6. The Kier molecular flexibility index (Phi) is 2.69. The molecule has 1 N–H and O–H groups in total. The summed E-state index contributed by atoms with van der Waals surface area (Å²) in [5, 5.41) is 9.00. The van der Waals surface area contributed by atoms with E-state index in [1.165, 1.54) is 0 Å². The van der Waals surface area contributed by atoms with E-state index in [9.17, 15) is 4.39 Å². The van der Waals surface area contributed by atoms with Crippen LogP contribution in [-0.4, -0.2) is 5.11 Å². The molecule has 1 aliphatic rings. The number of aliphatic hydroxyl groups excluding tert-OH is 1. The quantitative estimate of drug-likeness (QED) is 0.650. The van der Waals surface area contributed by atoms with E-state index in [-0.39, 0.29) is 11.6 Å². The van der Waals surface area contributed by atoms with E-state index in [1.54, 1.807) is 6.08 Å². The fraction of sp³-hybridized carbons (Fsp3) is 0.556. The summed E-state index contributed by atoms with van der Waals surface area (Å²) in [6.07, 6.45) is 4.72. The van der Waals surface area contributed by atoms with Gasteiger partial charge in [-0.05, 0) is 18.9 Å². The molecular weight excluding hydrogens is 143 g/mol. The minimum Gasteiger partial charge on any atom is -0.505 e. The van der Waals surface area contributed by atoms with Crippen LogP contribution in [0.2, 0.25) is 0 Å². The molecule has 0 amide bonds. The predicted molar refractivity (Wildman–Crippen MR) is 43.0 cm³/mol. The van der Waals surface area contributed by atoms with Crippen LogP contribution in [0.4, 0.5) is 4.39 Å². The van der Waals surface area contributed by atoms with E-state index in [1.807, 2.05) is 0 Å². The van der Waals surface area contributed by atoms with Gasteiger partial charge in [0.2, 0.25) is 0 Å². The standard InChI is InChI=1S/C9H13FO/c1-2-3-7-4-5-8(10)9(11)6-7/h6,11H,2-5H2,1H3. The molecule has 0 aliphatic heterocycles. The van der Waals surface area contributed by atoms with Crippen molar-refractivity contribution in [3.8, 4) is 0 Å². The van der Waals surface area contributed by atoms with Gasteiger partial charge in [-0.15, -0.1) is 0 Å². The van der Waals surface area contributed by atoms with Crippen molar-refractivity contribution in [2.24, 2.45) is 0 Å².